The lowest BCUT2D eigenvalue weighted by molar-refractivity contribution is 0.317. The van der Waals surface area contributed by atoms with Crippen LogP contribution in [0.1, 0.15) is 0 Å². The van der Waals surface area contributed by atoms with Crippen LogP contribution in [0.5, 0.6) is 23.8 Å². The molecule has 2 aromatic rings. The van der Waals surface area contributed by atoms with Gasteiger partial charge in [0.25, 0.3) is 0 Å². The lowest BCUT2D eigenvalue weighted by Gasteiger charge is -2.07. The molecule has 1 aromatic heterocycles. The van der Waals surface area contributed by atoms with Gasteiger partial charge in [-0.3, -0.25) is 0 Å². The molecule has 8 heteroatoms. The molecule has 0 aliphatic heterocycles. The molecule has 100 valence electrons. The number of methoxy groups -OCH3 is 2. The number of hydrogen-bond acceptors (Lipinski definition) is 6. The normalized spacial score (nSPS) is 10.1. The molecular weight excluding hydrogens is 321 g/mol. The summed E-state index contributed by atoms with van der Waals surface area (Å²) in [6, 6.07) is 4.17. The van der Waals surface area contributed by atoms with Gasteiger partial charge in [0.1, 0.15) is 0 Å². The highest BCUT2D eigenvalue weighted by atomic mass is 79.9. The first-order chi connectivity index (χ1) is 9.12. The highest BCUT2D eigenvalue weighted by Gasteiger charge is 2.12. The van der Waals surface area contributed by atoms with Crippen molar-refractivity contribution in [2.45, 2.75) is 0 Å². The lowest BCUT2D eigenvalue weighted by Crippen LogP contribution is -2.01. The van der Waals surface area contributed by atoms with E-state index in [9.17, 15) is 4.39 Å². The van der Waals surface area contributed by atoms with E-state index in [4.69, 9.17) is 14.2 Å². The van der Waals surface area contributed by atoms with Crippen molar-refractivity contribution in [3.63, 3.8) is 0 Å². The maximum Gasteiger partial charge on any atom is 0.331 e. The van der Waals surface area contributed by atoms with Gasteiger partial charge in [-0.15, -0.1) is 15.0 Å². The molecule has 0 spiro atoms. The van der Waals surface area contributed by atoms with Gasteiger partial charge in [0.15, 0.2) is 11.6 Å². The van der Waals surface area contributed by atoms with Gasteiger partial charge in [-0.25, -0.2) is 4.39 Å². The minimum Gasteiger partial charge on any atom is -0.467 e. The van der Waals surface area contributed by atoms with Crippen LogP contribution in [0.15, 0.2) is 22.7 Å². The van der Waals surface area contributed by atoms with Crippen molar-refractivity contribution in [1.29, 1.82) is 0 Å². The predicted molar refractivity (Wildman–Crippen MR) is 67.1 cm³/mol. The van der Waals surface area contributed by atoms with E-state index in [1.165, 1.54) is 26.4 Å². The zero-order valence-electron chi connectivity index (χ0n) is 10.1. The third-order valence-corrected chi connectivity index (χ3v) is 2.53. The summed E-state index contributed by atoms with van der Waals surface area (Å²) in [5.41, 5.74) is 0. The summed E-state index contributed by atoms with van der Waals surface area (Å²) in [7, 11) is 2.77. The molecule has 0 aliphatic carbocycles. The standard InChI is InChI=1S/C11H9BrFN3O3/c1-17-9-14-10(18-2)16-11(15-9)19-8-5-6(12)3-4-7(8)13/h3-5H,1-2H3. The molecule has 0 saturated carbocycles. The van der Waals surface area contributed by atoms with E-state index < -0.39 is 5.82 Å². The Balaban J connectivity index is 2.34. The zero-order chi connectivity index (χ0) is 13.8. The van der Waals surface area contributed by atoms with Crippen molar-refractivity contribution in [1.82, 2.24) is 15.0 Å². The maximum absolute atomic E-state index is 13.5. The Morgan fingerprint density at radius 3 is 2.16 bits per heavy atom. The summed E-state index contributed by atoms with van der Waals surface area (Å²) in [6.45, 7) is 0. The second-order valence-electron chi connectivity index (χ2n) is 3.27. The van der Waals surface area contributed by atoms with Crippen molar-refractivity contribution in [3.05, 3.63) is 28.5 Å². The average molecular weight is 330 g/mol. The molecule has 0 bridgehead atoms. The Hall–Kier alpha value is -1.96. The third-order valence-electron chi connectivity index (χ3n) is 2.03. The van der Waals surface area contributed by atoms with Gasteiger partial charge in [0.05, 0.1) is 14.2 Å². The largest absolute Gasteiger partial charge is 0.467 e. The Morgan fingerprint density at radius 2 is 1.58 bits per heavy atom. The van der Waals surface area contributed by atoms with E-state index in [1.54, 1.807) is 6.07 Å². The number of hydrogen-bond donors (Lipinski definition) is 0. The van der Waals surface area contributed by atoms with Crippen LogP contribution in [-0.2, 0) is 0 Å². The van der Waals surface area contributed by atoms with E-state index in [1.807, 2.05) is 0 Å². The van der Waals surface area contributed by atoms with Gasteiger partial charge >= 0.3 is 18.0 Å². The molecule has 0 fully saturated rings. The summed E-state index contributed by atoms with van der Waals surface area (Å²) in [5, 5.41) is 0. The average Bonchev–Trinajstić information content (AvgIpc) is 2.42. The summed E-state index contributed by atoms with van der Waals surface area (Å²) in [6.07, 6.45) is 0. The fourth-order valence-corrected chi connectivity index (χ4v) is 1.54. The zero-order valence-corrected chi connectivity index (χ0v) is 11.6. The van der Waals surface area contributed by atoms with Crippen molar-refractivity contribution >= 4 is 15.9 Å². The van der Waals surface area contributed by atoms with Crippen molar-refractivity contribution in [2.24, 2.45) is 0 Å². The highest BCUT2D eigenvalue weighted by molar-refractivity contribution is 9.10. The van der Waals surface area contributed by atoms with Gasteiger partial charge in [-0.1, -0.05) is 15.9 Å². The van der Waals surface area contributed by atoms with Gasteiger partial charge < -0.3 is 14.2 Å². The molecular formula is C11H9BrFN3O3. The fraction of sp³-hybridized carbons (Fsp3) is 0.182. The Morgan fingerprint density at radius 1 is 1.00 bits per heavy atom. The molecule has 19 heavy (non-hydrogen) atoms. The van der Waals surface area contributed by atoms with E-state index in [2.05, 4.69) is 30.9 Å². The van der Waals surface area contributed by atoms with Crippen LogP contribution in [0.3, 0.4) is 0 Å². The van der Waals surface area contributed by atoms with Gasteiger partial charge in [-0.2, -0.15) is 0 Å². The Kier molecular flexibility index (Phi) is 4.10. The predicted octanol–water partition coefficient (Wildman–Crippen LogP) is 2.58. The molecule has 1 heterocycles. The summed E-state index contributed by atoms with van der Waals surface area (Å²) >= 11 is 3.22. The van der Waals surface area contributed by atoms with Gasteiger partial charge in [-0.05, 0) is 18.2 Å². The minimum absolute atomic E-state index is 0.0113. The summed E-state index contributed by atoms with van der Waals surface area (Å²) < 4.78 is 29.2. The van der Waals surface area contributed by atoms with Crippen LogP contribution in [0.2, 0.25) is 0 Å². The topological polar surface area (TPSA) is 66.4 Å². The first-order valence-corrected chi connectivity index (χ1v) is 5.88. The van der Waals surface area contributed by atoms with Crippen LogP contribution in [0.25, 0.3) is 0 Å². The van der Waals surface area contributed by atoms with E-state index >= 15 is 0 Å². The Labute approximate surface area is 116 Å². The lowest BCUT2D eigenvalue weighted by atomic mass is 10.3. The number of benzene rings is 1. The summed E-state index contributed by atoms with van der Waals surface area (Å²) in [4.78, 5) is 11.5. The first kappa shape index (κ1) is 13.5. The van der Waals surface area contributed by atoms with Crippen molar-refractivity contribution in [2.75, 3.05) is 14.2 Å². The molecule has 0 aliphatic rings. The van der Waals surface area contributed by atoms with Crippen molar-refractivity contribution in [3.8, 4) is 23.8 Å². The third kappa shape index (κ3) is 3.28. The number of nitrogens with zero attached hydrogens (tertiary/aromatic N) is 3. The maximum atomic E-state index is 13.5. The Bertz CT molecular complexity index is 575. The van der Waals surface area contributed by atoms with Crippen LogP contribution >= 0.6 is 15.9 Å². The van der Waals surface area contributed by atoms with Crippen LogP contribution in [0.4, 0.5) is 4.39 Å². The molecule has 6 nitrogen and oxygen atoms in total. The quantitative estimate of drug-likeness (QED) is 0.858. The molecule has 0 N–H and O–H groups in total. The van der Waals surface area contributed by atoms with Gasteiger partial charge in [0, 0.05) is 4.47 Å². The van der Waals surface area contributed by atoms with E-state index in [-0.39, 0.29) is 23.8 Å². The second kappa shape index (κ2) is 5.79. The number of halogens is 2. The van der Waals surface area contributed by atoms with E-state index in [0.717, 1.165) is 0 Å². The molecule has 0 unspecified atom stereocenters. The van der Waals surface area contributed by atoms with Gasteiger partial charge in [0.2, 0.25) is 0 Å². The molecule has 1 aromatic carbocycles. The van der Waals surface area contributed by atoms with Crippen molar-refractivity contribution < 1.29 is 18.6 Å². The smallest absolute Gasteiger partial charge is 0.331 e. The minimum atomic E-state index is -0.540. The second-order valence-corrected chi connectivity index (χ2v) is 4.18. The molecule has 0 amide bonds. The van der Waals surface area contributed by atoms with Crippen LogP contribution in [0, 0.1) is 5.82 Å². The summed E-state index contributed by atoms with van der Waals surface area (Å²) in [5.74, 6) is -0.564. The van der Waals surface area contributed by atoms with E-state index in [0.29, 0.717) is 4.47 Å². The molecule has 2 rings (SSSR count). The fourth-order valence-electron chi connectivity index (χ4n) is 1.20. The molecule has 0 saturated heterocycles. The highest BCUT2D eigenvalue weighted by Crippen LogP contribution is 2.26. The number of rotatable bonds is 4. The number of ether oxygens (including phenoxy) is 3. The van der Waals surface area contributed by atoms with Crippen LogP contribution < -0.4 is 14.2 Å². The SMILES string of the molecule is COc1nc(OC)nc(Oc2cc(Br)ccc2F)n1. The molecule has 0 radical (unpaired) electrons. The first-order valence-electron chi connectivity index (χ1n) is 5.09. The monoisotopic (exact) mass is 329 g/mol. The molecule has 0 atom stereocenters. The van der Waals surface area contributed by atoms with Crippen LogP contribution in [-0.4, -0.2) is 29.2 Å². The number of aromatic nitrogens is 3.